The maximum Gasteiger partial charge on any atom is 0.338 e. The van der Waals surface area contributed by atoms with Crippen molar-refractivity contribution in [2.45, 2.75) is 33.8 Å². The molecule has 0 fully saturated rings. The van der Waals surface area contributed by atoms with E-state index in [9.17, 15) is 19.2 Å². The third-order valence-corrected chi connectivity index (χ3v) is 6.13. The number of benzene rings is 3. The molecule has 0 bridgehead atoms. The minimum Gasteiger partial charge on any atom is -0.459 e. The lowest BCUT2D eigenvalue weighted by Gasteiger charge is -2.16. The maximum absolute atomic E-state index is 13.1. The number of ether oxygens (including phenoxy) is 1. The Kier molecular flexibility index (Phi) is 7.64. The number of esters is 1. The fraction of sp³-hybridized carbons (Fsp3) is 0.172. The second-order valence-electron chi connectivity index (χ2n) is 9.11. The van der Waals surface area contributed by atoms with E-state index in [1.54, 1.807) is 81.4 Å². The van der Waals surface area contributed by atoms with E-state index in [2.05, 4.69) is 10.6 Å². The standard InChI is InChI=1S/C29H26ClN3O5/c1-16(2)38-29(37)20-6-5-7-21(14-20)31-26(34)19-11-10-18(4)23(15-19)32-25-24(30)27(35)33(28(25)36)22-12-8-17(3)9-13-22/h5-16,32H,1-4H3,(H,31,34). The Labute approximate surface area is 225 Å². The van der Waals surface area contributed by atoms with Crippen LogP contribution in [0.5, 0.6) is 0 Å². The molecular weight excluding hydrogens is 506 g/mol. The number of anilines is 3. The summed E-state index contributed by atoms with van der Waals surface area (Å²) < 4.78 is 5.21. The van der Waals surface area contributed by atoms with Gasteiger partial charge in [0, 0.05) is 16.9 Å². The molecule has 0 aliphatic carbocycles. The summed E-state index contributed by atoms with van der Waals surface area (Å²) in [5.41, 5.74) is 3.50. The lowest BCUT2D eigenvalue weighted by molar-refractivity contribution is -0.120. The molecule has 0 aromatic heterocycles. The Balaban J connectivity index is 1.53. The normalized spacial score (nSPS) is 13.3. The number of nitrogens with one attached hydrogen (secondary N) is 2. The van der Waals surface area contributed by atoms with Crippen LogP contribution in [0, 0.1) is 13.8 Å². The van der Waals surface area contributed by atoms with Gasteiger partial charge in [0.15, 0.2) is 0 Å². The van der Waals surface area contributed by atoms with Gasteiger partial charge in [-0.15, -0.1) is 0 Å². The number of nitrogens with zero attached hydrogens (tertiary/aromatic N) is 1. The molecule has 0 saturated carbocycles. The van der Waals surface area contributed by atoms with Crippen LogP contribution in [-0.4, -0.2) is 29.8 Å². The van der Waals surface area contributed by atoms with Gasteiger partial charge in [0.1, 0.15) is 10.7 Å². The van der Waals surface area contributed by atoms with Crippen LogP contribution < -0.4 is 15.5 Å². The smallest absolute Gasteiger partial charge is 0.338 e. The molecule has 1 aliphatic rings. The van der Waals surface area contributed by atoms with Gasteiger partial charge in [-0.25, -0.2) is 9.69 Å². The zero-order chi connectivity index (χ0) is 27.6. The number of carbonyl (C=O) groups excluding carboxylic acids is 4. The summed E-state index contributed by atoms with van der Waals surface area (Å²) in [7, 11) is 0. The van der Waals surface area contributed by atoms with Crippen molar-refractivity contribution in [1.82, 2.24) is 0 Å². The maximum atomic E-state index is 13.1. The van der Waals surface area contributed by atoms with E-state index in [0.717, 1.165) is 16.0 Å². The number of amides is 3. The lowest BCUT2D eigenvalue weighted by Crippen LogP contribution is -2.32. The minimum absolute atomic E-state index is 0.0748. The van der Waals surface area contributed by atoms with Gasteiger partial charge in [0.2, 0.25) is 0 Å². The third-order valence-electron chi connectivity index (χ3n) is 5.78. The lowest BCUT2D eigenvalue weighted by atomic mass is 10.1. The highest BCUT2D eigenvalue weighted by Crippen LogP contribution is 2.31. The van der Waals surface area contributed by atoms with Crippen LogP contribution in [0.4, 0.5) is 17.1 Å². The first kappa shape index (κ1) is 26.6. The van der Waals surface area contributed by atoms with Gasteiger partial charge in [-0.05, 0) is 75.7 Å². The first-order valence-corrected chi connectivity index (χ1v) is 12.3. The van der Waals surface area contributed by atoms with Crippen LogP contribution in [-0.2, 0) is 14.3 Å². The third kappa shape index (κ3) is 5.60. The Hall–Kier alpha value is -4.43. The van der Waals surface area contributed by atoms with Gasteiger partial charge in [0.05, 0.1) is 17.4 Å². The molecule has 3 amide bonds. The number of hydrogen-bond donors (Lipinski definition) is 2. The molecule has 1 aliphatic heterocycles. The largest absolute Gasteiger partial charge is 0.459 e. The van der Waals surface area contributed by atoms with Crippen molar-refractivity contribution in [3.05, 3.63) is 99.7 Å². The molecule has 194 valence electrons. The fourth-order valence-electron chi connectivity index (χ4n) is 3.78. The molecular formula is C29H26ClN3O5. The van der Waals surface area contributed by atoms with Crippen molar-refractivity contribution >= 4 is 52.4 Å². The summed E-state index contributed by atoms with van der Waals surface area (Å²) in [6.45, 7) is 7.20. The summed E-state index contributed by atoms with van der Waals surface area (Å²) in [5, 5.41) is 5.47. The highest BCUT2D eigenvalue weighted by Gasteiger charge is 2.39. The topological polar surface area (TPSA) is 105 Å². The van der Waals surface area contributed by atoms with Crippen LogP contribution in [0.3, 0.4) is 0 Å². The van der Waals surface area contributed by atoms with Gasteiger partial charge in [0.25, 0.3) is 17.7 Å². The van der Waals surface area contributed by atoms with E-state index >= 15 is 0 Å². The fourth-order valence-corrected chi connectivity index (χ4v) is 3.99. The highest BCUT2D eigenvalue weighted by molar-refractivity contribution is 6.53. The number of rotatable bonds is 7. The number of aryl methyl sites for hydroxylation is 2. The SMILES string of the molecule is Cc1ccc(N2C(=O)C(Cl)=C(Nc3cc(C(=O)Nc4cccc(C(=O)OC(C)C)c4)ccc3C)C2=O)cc1. The van der Waals surface area contributed by atoms with E-state index in [4.69, 9.17) is 16.3 Å². The molecule has 3 aromatic rings. The van der Waals surface area contributed by atoms with Gasteiger partial charge in [-0.3, -0.25) is 14.4 Å². The Morgan fingerprint density at radius 2 is 1.61 bits per heavy atom. The quantitative estimate of drug-likeness (QED) is 0.305. The molecule has 4 rings (SSSR count). The second kappa shape index (κ2) is 10.9. The van der Waals surface area contributed by atoms with Gasteiger partial charge < -0.3 is 15.4 Å². The van der Waals surface area contributed by atoms with E-state index in [-0.39, 0.29) is 22.4 Å². The molecule has 8 nitrogen and oxygen atoms in total. The van der Waals surface area contributed by atoms with Crippen molar-refractivity contribution in [3.63, 3.8) is 0 Å². The number of imide groups is 1. The Bertz CT molecular complexity index is 1480. The first-order chi connectivity index (χ1) is 18.0. The summed E-state index contributed by atoms with van der Waals surface area (Å²) in [6, 6.07) is 18.3. The molecule has 0 unspecified atom stereocenters. The zero-order valence-corrected chi connectivity index (χ0v) is 22.1. The van der Waals surface area contributed by atoms with Gasteiger partial charge >= 0.3 is 5.97 Å². The zero-order valence-electron chi connectivity index (χ0n) is 21.3. The van der Waals surface area contributed by atoms with Crippen LogP contribution in [0.15, 0.2) is 77.5 Å². The van der Waals surface area contributed by atoms with E-state index in [1.165, 1.54) is 6.07 Å². The Morgan fingerprint density at radius 3 is 2.29 bits per heavy atom. The average molecular weight is 532 g/mol. The van der Waals surface area contributed by atoms with E-state index in [0.29, 0.717) is 22.6 Å². The second-order valence-corrected chi connectivity index (χ2v) is 9.49. The summed E-state index contributed by atoms with van der Waals surface area (Å²) >= 11 is 6.27. The molecule has 1 heterocycles. The van der Waals surface area contributed by atoms with Crippen LogP contribution >= 0.6 is 11.6 Å². The number of halogens is 1. The number of carbonyl (C=O) groups is 4. The van der Waals surface area contributed by atoms with Gasteiger partial charge in [-0.2, -0.15) is 0 Å². The molecule has 0 atom stereocenters. The molecule has 0 radical (unpaired) electrons. The van der Waals surface area contributed by atoms with E-state index < -0.39 is 23.7 Å². The minimum atomic E-state index is -0.634. The molecule has 38 heavy (non-hydrogen) atoms. The first-order valence-electron chi connectivity index (χ1n) is 11.9. The monoisotopic (exact) mass is 531 g/mol. The van der Waals surface area contributed by atoms with Crippen molar-refractivity contribution in [3.8, 4) is 0 Å². The van der Waals surface area contributed by atoms with Crippen molar-refractivity contribution in [1.29, 1.82) is 0 Å². The molecule has 2 N–H and O–H groups in total. The summed E-state index contributed by atoms with van der Waals surface area (Å²) in [4.78, 5) is 52.1. The van der Waals surface area contributed by atoms with Crippen molar-refractivity contribution < 1.29 is 23.9 Å². The predicted octanol–water partition coefficient (Wildman–Crippen LogP) is 5.56. The Morgan fingerprint density at radius 1 is 0.895 bits per heavy atom. The van der Waals surface area contributed by atoms with Crippen molar-refractivity contribution in [2.75, 3.05) is 15.5 Å². The van der Waals surface area contributed by atoms with Crippen LogP contribution in [0.2, 0.25) is 0 Å². The van der Waals surface area contributed by atoms with Crippen LogP contribution in [0.1, 0.15) is 45.7 Å². The van der Waals surface area contributed by atoms with Crippen LogP contribution in [0.25, 0.3) is 0 Å². The molecule has 0 spiro atoms. The molecule has 3 aromatic carbocycles. The summed E-state index contributed by atoms with van der Waals surface area (Å²) in [5.74, 6) is -2.15. The number of hydrogen-bond acceptors (Lipinski definition) is 6. The molecule has 9 heteroatoms. The molecule has 0 saturated heterocycles. The highest BCUT2D eigenvalue weighted by atomic mass is 35.5. The summed E-state index contributed by atoms with van der Waals surface area (Å²) in [6.07, 6.45) is -0.270. The van der Waals surface area contributed by atoms with E-state index in [1.807, 2.05) is 6.92 Å². The predicted molar refractivity (Wildman–Crippen MR) is 146 cm³/mol. The van der Waals surface area contributed by atoms with Crippen molar-refractivity contribution in [2.24, 2.45) is 0 Å². The average Bonchev–Trinajstić information content (AvgIpc) is 3.08. The van der Waals surface area contributed by atoms with Gasteiger partial charge in [-0.1, -0.05) is 41.4 Å².